The molecule has 98 valence electrons. The zero-order valence-electron chi connectivity index (χ0n) is 9.61. The van der Waals surface area contributed by atoms with Crippen molar-refractivity contribution in [3.63, 3.8) is 0 Å². The van der Waals surface area contributed by atoms with Gasteiger partial charge in [0.15, 0.2) is 0 Å². The molecule has 19 heavy (non-hydrogen) atoms. The number of halogens is 3. The summed E-state index contributed by atoms with van der Waals surface area (Å²) >= 11 is 0. The Morgan fingerprint density at radius 1 is 1.05 bits per heavy atom. The first-order valence-electron chi connectivity index (χ1n) is 5.35. The Bertz CT molecular complexity index is 565. The van der Waals surface area contributed by atoms with Crippen LogP contribution in [0.3, 0.4) is 0 Å². The van der Waals surface area contributed by atoms with E-state index in [2.05, 4.69) is 4.98 Å². The minimum Gasteiger partial charge on any atom is -0.318 e. The van der Waals surface area contributed by atoms with Crippen molar-refractivity contribution < 1.29 is 18.0 Å². The smallest absolute Gasteiger partial charge is 0.318 e. The summed E-state index contributed by atoms with van der Waals surface area (Å²) in [6, 6.07) is 9.63. The summed E-state index contributed by atoms with van der Waals surface area (Å²) < 4.78 is 36.2. The van der Waals surface area contributed by atoms with Crippen LogP contribution in [0.25, 0.3) is 11.1 Å². The lowest BCUT2D eigenvalue weighted by atomic mass is 10.1. The van der Waals surface area contributed by atoms with Crippen molar-refractivity contribution >= 4 is 11.6 Å². The predicted octanol–water partition coefficient (Wildman–Crippen LogP) is 3.25. The van der Waals surface area contributed by atoms with Gasteiger partial charge in [0.25, 0.3) is 0 Å². The molecule has 0 aliphatic heterocycles. The molecule has 6 heteroatoms. The molecule has 0 fully saturated rings. The van der Waals surface area contributed by atoms with E-state index >= 15 is 0 Å². The molecular weight excluding hydrogens is 257 g/mol. The fourth-order valence-corrected chi connectivity index (χ4v) is 1.48. The quantitative estimate of drug-likeness (QED) is 0.906. The minimum absolute atomic E-state index is 0.0926. The molecule has 0 aliphatic rings. The van der Waals surface area contributed by atoms with E-state index in [0.717, 1.165) is 11.1 Å². The summed E-state index contributed by atoms with van der Waals surface area (Å²) in [5, 5.41) is 1.78. The average Bonchev–Trinajstić information content (AvgIpc) is 2.39. The van der Waals surface area contributed by atoms with Crippen molar-refractivity contribution in [1.29, 1.82) is 0 Å². The Hall–Kier alpha value is -2.37. The number of amides is 1. The van der Waals surface area contributed by atoms with Crippen molar-refractivity contribution in [3.05, 3.63) is 48.8 Å². The second-order valence-corrected chi connectivity index (χ2v) is 3.77. The lowest BCUT2D eigenvalue weighted by Gasteiger charge is -2.08. The lowest BCUT2D eigenvalue weighted by molar-refractivity contribution is -0.167. The number of carbonyl (C=O) groups excluding carboxylic acids is 1. The highest BCUT2D eigenvalue weighted by Gasteiger charge is 2.38. The molecule has 2 aromatic rings. The van der Waals surface area contributed by atoms with Gasteiger partial charge >= 0.3 is 12.1 Å². The molecule has 0 radical (unpaired) electrons. The van der Waals surface area contributed by atoms with Crippen LogP contribution in [-0.4, -0.2) is 17.1 Å². The Morgan fingerprint density at radius 3 is 2.26 bits per heavy atom. The molecule has 3 nitrogen and oxygen atoms in total. The molecule has 0 saturated heterocycles. The Kier molecular flexibility index (Phi) is 3.50. The summed E-state index contributed by atoms with van der Waals surface area (Å²) in [6.45, 7) is 0. The van der Waals surface area contributed by atoms with Crippen LogP contribution in [0.15, 0.2) is 48.8 Å². The fourth-order valence-electron chi connectivity index (χ4n) is 1.48. The number of hydrogen-bond acceptors (Lipinski definition) is 2. The Morgan fingerprint density at radius 2 is 1.74 bits per heavy atom. The van der Waals surface area contributed by atoms with Crippen LogP contribution in [0, 0.1) is 0 Å². The normalized spacial score (nSPS) is 11.1. The minimum atomic E-state index is -4.89. The van der Waals surface area contributed by atoms with Gasteiger partial charge in [-0.05, 0) is 29.3 Å². The van der Waals surface area contributed by atoms with Crippen LogP contribution in [0.2, 0.25) is 0 Å². The van der Waals surface area contributed by atoms with Crippen LogP contribution in [0.1, 0.15) is 0 Å². The van der Waals surface area contributed by atoms with Crippen LogP contribution in [-0.2, 0) is 4.79 Å². The van der Waals surface area contributed by atoms with E-state index in [9.17, 15) is 18.0 Å². The van der Waals surface area contributed by atoms with Gasteiger partial charge in [-0.25, -0.2) is 0 Å². The number of rotatable bonds is 2. The monoisotopic (exact) mass is 266 g/mol. The largest absolute Gasteiger partial charge is 0.471 e. The number of carbonyl (C=O) groups is 1. The Labute approximate surface area is 107 Å². The average molecular weight is 266 g/mol. The SMILES string of the molecule is O=C(Nc1ccc(-c2cccnc2)cc1)C(F)(F)F. The second-order valence-electron chi connectivity index (χ2n) is 3.77. The zero-order valence-corrected chi connectivity index (χ0v) is 9.61. The number of hydrogen-bond donors (Lipinski definition) is 1. The molecule has 1 N–H and O–H groups in total. The number of anilines is 1. The van der Waals surface area contributed by atoms with Crippen LogP contribution in [0.5, 0.6) is 0 Å². The molecule has 0 aliphatic carbocycles. The molecule has 0 saturated carbocycles. The van der Waals surface area contributed by atoms with Gasteiger partial charge in [0.1, 0.15) is 0 Å². The molecule has 0 spiro atoms. The van der Waals surface area contributed by atoms with Crippen LogP contribution in [0.4, 0.5) is 18.9 Å². The number of aromatic nitrogens is 1. The van der Waals surface area contributed by atoms with E-state index in [0.29, 0.717) is 0 Å². The third-order valence-electron chi connectivity index (χ3n) is 2.40. The van der Waals surface area contributed by atoms with E-state index in [4.69, 9.17) is 0 Å². The molecule has 1 aromatic carbocycles. The van der Waals surface area contributed by atoms with Gasteiger partial charge in [0.05, 0.1) is 0 Å². The van der Waals surface area contributed by atoms with Crippen LogP contribution >= 0.6 is 0 Å². The topological polar surface area (TPSA) is 42.0 Å². The molecule has 1 amide bonds. The number of nitrogens with zero attached hydrogens (tertiary/aromatic N) is 1. The van der Waals surface area contributed by atoms with Crippen molar-refractivity contribution in [2.45, 2.75) is 6.18 Å². The molecule has 2 rings (SSSR count). The number of benzene rings is 1. The van der Waals surface area contributed by atoms with Gasteiger partial charge in [-0.15, -0.1) is 0 Å². The van der Waals surface area contributed by atoms with Gasteiger partial charge in [-0.3, -0.25) is 9.78 Å². The van der Waals surface area contributed by atoms with Crippen molar-refractivity contribution in [2.24, 2.45) is 0 Å². The maximum atomic E-state index is 12.1. The van der Waals surface area contributed by atoms with E-state index in [1.807, 2.05) is 6.07 Å². The summed E-state index contributed by atoms with van der Waals surface area (Å²) in [5.74, 6) is -1.98. The second kappa shape index (κ2) is 5.09. The van der Waals surface area contributed by atoms with E-state index in [-0.39, 0.29) is 5.69 Å². The predicted molar refractivity (Wildman–Crippen MR) is 64.4 cm³/mol. The van der Waals surface area contributed by atoms with Gasteiger partial charge in [0.2, 0.25) is 0 Å². The van der Waals surface area contributed by atoms with Crippen molar-refractivity contribution in [3.8, 4) is 11.1 Å². The third-order valence-corrected chi connectivity index (χ3v) is 2.40. The Balaban J connectivity index is 2.14. The lowest BCUT2D eigenvalue weighted by Crippen LogP contribution is -2.29. The van der Waals surface area contributed by atoms with Gasteiger partial charge < -0.3 is 5.32 Å². The highest BCUT2D eigenvalue weighted by atomic mass is 19.4. The zero-order chi connectivity index (χ0) is 13.9. The molecule has 0 atom stereocenters. The molecule has 0 bridgehead atoms. The fraction of sp³-hybridized carbons (Fsp3) is 0.0769. The molecular formula is C13H9F3N2O. The number of pyridine rings is 1. The standard InChI is InChI=1S/C13H9F3N2O/c14-13(15,16)12(19)18-11-5-3-9(4-6-11)10-2-1-7-17-8-10/h1-8H,(H,18,19). The highest BCUT2D eigenvalue weighted by molar-refractivity contribution is 5.95. The molecule has 0 unspecified atom stereocenters. The maximum Gasteiger partial charge on any atom is 0.471 e. The van der Waals surface area contributed by atoms with E-state index < -0.39 is 12.1 Å². The number of nitrogens with one attached hydrogen (secondary N) is 1. The van der Waals surface area contributed by atoms with Gasteiger partial charge in [0, 0.05) is 18.1 Å². The van der Waals surface area contributed by atoms with E-state index in [1.165, 1.54) is 12.1 Å². The first kappa shape index (κ1) is 13.1. The first-order valence-corrected chi connectivity index (χ1v) is 5.35. The third kappa shape index (κ3) is 3.31. The molecule has 1 heterocycles. The van der Waals surface area contributed by atoms with Crippen molar-refractivity contribution in [2.75, 3.05) is 5.32 Å². The van der Waals surface area contributed by atoms with Crippen molar-refractivity contribution in [1.82, 2.24) is 4.98 Å². The van der Waals surface area contributed by atoms with Gasteiger partial charge in [-0.1, -0.05) is 18.2 Å². The highest BCUT2D eigenvalue weighted by Crippen LogP contribution is 2.22. The number of alkyl halides is 3. The van der Waals surface area contributed by atoms with Gasteiger partial charge in [-0.2, -0.15) is 13.2 Å². The van der Waals surface area contributed by atoms with Crippen LogP contribution < -0.4 is 5.32 Å². The first-order chi connectivity index (χ1) is 8.97. The molecule has 1 aromatic heterocycles. The van der Waals surface area contributed by atoms with E-state index in [1.54, 1.807) is 35.9 Å². The summed E-state index contributed by atoms with van der Waals surface area (Å²) in [7, 11) is 0. The summed E-state index contributed by atoms with van der Waals surface area (Å²) in [6.07, 6.45) is -1.62. The maximum absolute atomic E-state index is 12.1. The summed E-state index contributed by atoms with van der Waals surface area (Å²) in [4.78, 5) is 14.7. The summed E-state index contributed by atoms with van der Waals surface area (Å²) in [5.41, 5.74) is 1.74.